The molecule has 2 N–H and O–H groups in total. The quantitative estimate of drug-likeness (QED) is 0.911. The third-order valence-electron chi connectivity index (χ3n) is 2.47. The molecular formula is C12H14N4OS. The van der Waals surface area contributed by atoms with E-state index in [2.05, 4.69) is 9.97 Å². The lowest BCUT2D eigenvalue weighted by molar-refractivity contribution is 0.0748. The van der Waals surface area contributed by atoms with Crippen LogP contribution in [0.3, 0.4) is 0 Å². The fourth-order valence-electron chi connectivity index (χ4n) is 1.56. The molecule has 5 nitrogen and oxygen atoms in total. The zero-order valence-electron chi connectivity index (χ0n) is 10.0. The Morgan fingerprint density at radius 1 is 1.50 bits per heavy atom. The molecule has 0 aliphatic heterocycles. The lowest BCUT2D eigenvalue weighted by Crippen LogP contribution is -2.30. The second-order valence-electron chi connectivity index (χ2n) is 3.73. The number of carbonyl (C=O) groups is 1. The van der Waals surface area contributed by atoms with Crippen LogP contribution in [0.2, 0.25) is 0 Å². The Hall–Kier alpha value is -1.95. The number of amides is 1. The molecule has 2 heterocycles. The van der Waals surface area contributed by atoms with E-state index in [1.54, 1.807) is 16.2 Å². The predicted molar refractivity (Wildman–Crippen MR) is 71.2 cm³/mol. The van der Waals surface area contributed by atoms with Gasteiger partial charge in [0.25, 0.3) is 5.91 Å². The number of carbonyl (C=O) groups excluding carboxylic acids is 1. The molecule has 1 amide bonds. The van der Waals surface area contributed by atoms with Gasteiger partial charge in [-0.25, -0.2) is 4.98 Å². The van der Waals surface area contributed by atoms with Gasteiger partial charge in [0.1, 0.15) is 11.5 Å². The van der Waals surface area contributed by atoms with Crippen molar-refractivity contribution in [2.75, 3.05) is 12.3 Å². The molecule has 18 heavy (non-hydrogen) atoms. The van der Waals surface area contributed by atoms with Gasteiger partial charge in [-0.3, -0.25) is 9.78 Å². The number of aromatic nitrogens is 2. The van der Waals surface area contributed by atoms with Gasteiger partial charge in [-0.15, -0.1) is 11.3 Å². The van der Waals surface area contributed by atoms with Gasteiger partial charge in [-0.2, -0.15) is 0 Å². The summed E-state index contributed by atoms with van der Waals surface area (Å²) >= 11 is 1.63. The summed E-state index contributed by atoms with van der Waals surface area (Å²) in [5.74, 6) is 0.110. The molecule has 0 saturated carbocycles. The van der Waals surface area contributed by atoms with E-state index in [1.807, 2.05) is 24.4 Å². The lowest BCUT2D eigenvalue weighted by Gasteiger charge is -2.19. The van der Waals surface area contributed by atoms with Crippen molar-refractivity contribution in [3.8, 4) is 0 Å². The van der Waals surface area contributed by atoms with Crippen LogP contribution in [0.1, 0.15) is 22.3 Å². The summed E-state index contributed by atoms with van der Waals surface area (Å²) in [6.07, 6.45) is 2.86. The number of hydrogen-bond acceptors (Lipinski definition) is 5. The minimum absolute atomic E-state index is 0.147. The molecule has 0 spiro atoms. The summed E-state index contributed by atoms with van der Waals surface area (Å²) in [7, 11) is 0. The van der Waals surface area contributed by atoms with Gasteiger partial charge in [0, 0.05) is 11.4 Å². The average molecular weight is 262 g/mol. The first-order valence-electron chi connectivity index (χ1n) is 5.60. The van der Waals surface area contributed by atoms with Crippen molar-refractivity contribution in [2.24, 2.45) is 0 Å². The second-order valence-corrected chi connectivity index (χ2v) is 4.76. The van der Waals surface area contributed by atoms with Gasteiger partial charge in [-0.05, 0) is 18.4 Å². The Morgan fingerprint density at radius 2 is 2.33 bits per heavy atom. The van der Waals surface area contributed by atoms with Crippen LogP contribution < -0.4 is 5.73 Å². The molecule has 94 valence electrons. The van der Waals surface area contributed by atoms with Gasteiger partial charge in [0.05, 0.1) is 18.9 Å². The molecular weight excluding hydrogens is 248 g/mol. The van der Waals surface area contributed by atoms with Gasteiger partial charge in [0.2, 0.25) is 0 Å². The minimum atomic E-state index is -0.147. The number of hydrogen-bond donors (Lipinski definition) is 1. The van der Waals surface area contributed by atoms with Crippen LogP contribution >= 0.6 is 11.3 Å². The zero-order valence-corrected chi connectivity index (χ0v) is 10.9. The third kappa shape index (κ3) is 2.84. The molecule has 0 aromatic carbocycles. The van der Waals surface area contributed by atoms with Crippen molar-refractivity contribution in [3.05, 3.63) is 40.5 Å². The average Bonchev–Trinajstić information content (AvgIpc) is 2.88. The van der Waals surface area contributed by atoms with Crippen LogP contribution in [0.15, 0.2) is 29.9 Å². The fraction of sp³-hybridized carbons (Fsp3) is 0.250. The van der Waals surface area contributed by atoms with Crippen molar-refractivity contribution in [2.45, 2.75) is 13.5 Å². The van der Waals surface area contributed by atoms with Crippen LogP contribution in [-0.2, 0) is 6.54 Å². The number of thiophene rings is 1. The summed E-state index contributed by atoms with van der Waals surface area (Å²) in [5, 5.41) is 1.99. The first-order valence-corrected chi connectivity index (χ1v) is 6.48. The van der Waals surface area contributed by atoms with Crippen molar-refractivity contribution < 1.29 is 4.79 Å². The largest absolute Gasteiger partial charge is 0.382 e. The monoisotopic (exact) mass is 262 g/mol. The zero-order chi connectivity index (χ0) is 13.0. The van der Waals surface area contributed by atoms with E-state index >= 15 is 0 Å². The van der Waals surface area contributed by atoms with Crippen LogP contribution in [0, 0.1) is 0 Å². The smallest absolute Gasteiger partial charge is 0.274 e. The maximum Gasteiger partial charge on any atom is 0.274 e. The van der Waals surface area contributed by atoms with Crippen LogP contribution in [0.4, 0.5) is 5.82 Å². The van der Waals surface area contributed by atoms with Crippen molar-refractivity contribution in [3.63, 3.8) is 0 Å². The standard InChI is InChI=1S/C12H14N4OS/c1-2-16(8-9-4-3-5-18-9)12(17)10-6-14-7-11(13)15-10/h3-7H,2,8H2,1H3,(H2,13,15). The fourth-order valence-corrected chi connectivity index (χ4v) is 2.28. The highest BCUT2D eigenvalue weighted by Crippen LogP contribution is 2.13. The number of anilines is 1. The Labute approximate surface area is 109 Å². The Morgan fingerprint density at radius 3 is 2.94 bits per heavy atom. The molecule has 0 atom stereocenters. The molecule has 0 aliphatic rings. The van der Waals surface area contributed by atoms with Crippen LogP contribution in [-0.4, -0.2) is 27.3 Å². The number of nitrogens with two attached hydrogens (primary N) is 1. The highest BCUT2D eigenvalue weighted by molar-refractivity contribution is 7.09. The van der Waals surface area contributed by atoms with Crippen molar-refractivity contribution in [1.29, 1.82) is 0 Å². The number of nitrogen functional groups attached to an aromatic ring is 1. The van der Waals surface area contributed by atoms with E-state index in [0.29, 0.717) is 13.1 Å². The van der Waals surface area contributed by atoms with Gasteiger partial charge < -0.3 is 10.6 Å². The highest BCUT2D eigenvalue weighted by atomic mass is 32.1. The van der Waals surface area contributed by atoms with E-state index in [4.69, 9.17) is 5.73 Å². The molecule has 2 rings (SSSR count). The topological polar surface area (TPSA) is 72.1 Å². The molecule has 0 radical (unpaired) electrons. The molecule has 2 aromatic rings. The number of rotatable bonds is 4. The SMILES string of the molecule is CCN(Cc1cccs1)C(=O)c1cncc(N)n1. The van der Waals surface area contributed by atoms with Crippen LogP contribution in [0.5, 0.6) is 0 Å². The molecule has 0 fully saturated rings. The van der Waals surface area contributed by atoms with E-state index in [-0.39, 0.29) is 17.4 Å². The molecule has 0 unspecified atom stereocenters. The van der Waals surface area contributed by atoms with Gasteiger partial charge in [-0.1, -0.05) is 6.07 Å². The third-order valence-corrected chi connectivity index (χ3v) is 3.33. The molecule has 2 aromatic heterocycles. The van der Waals surface area contributed by atoms with Crippen LogP contribution in [0.25, 0.3) is 0 Å². The summed E-state index contributed by atoms with van der Waals surface area (Å²) in [4.78, 5) is 23.0. The first kappa shape index (κ1) is 12.5. The van der Waals surface area contributed by atoms with Crippen molar-refractivity contribution in [1.82, 2.24) is 14.9 Å². The first-order chi connectivity index (χ1) is 8.70. The summed E-state index contributed by atoms with van der Waals surface area (Å²) < 4.78 is 0. The Balaban J connectivity index is 2.15. The number of nitrogens with zero attached hydrogens (tertiary/aromatic N) is 3. The maximum atomic E-state index is 12.2. The summed E-state index contributed by atoms with van der Waals surface area (Å²) in [6.45, 7) is 3.14. The molecule has 6 heteroatoms. The van der Waals surface area contributed by atoms with E-state index < -0.39 is 0 Å². The van der Waals surface area contributed by atoms with Gasteiger partial charge in [0.15, 0.2) is 0 Å². The van der Waals surface area contributed by atoms with E-state index in [1.165, 1.54) is 12.4 Å². The Kier molecular flexibility index (Phi) is 3.88. The van der Waals surface area contributed by atoms with E-state index in [0.717, 1.165) is 4.88 Å². The normalized spacial score (nSPS) is 10.3. The molecule has 0 aliphatic carbocycles. The maximum absolute atomic E-state index is 12.2. The highest BCUT2D eigenvalue weighted by Gasteiger charge is 2.16. The van der Waals surface area contributed by atoms with E-state index in [9.17, 15) is 4.79 Å². The van der Waals surface area contributed by atoms with Crippen molar-refractivity contribution >= 4 is 23.1 Å². The second kappa shape index (κ2) is 5.59. The predicted octanol–water partition coefficient (Wildman–Crippen LogP) is 1.78. The summed E-state index contributed by atoms with van der Waals surface area (Å²) in [5.41, 5.74) is 5.82. The molecule has 0 saturated heterocycles. The molecule has 0 bridgehead atoms. The lowest BCUT2D eigenvalue weighted by atomic mass is 10.3. The Bertz CT molecular complexity index is 527. The van der Waals surface area contributed by atoms with Gasteiger partial charge >= 0.3 is 0 Å². The minimum Gasteiger partial charge on any atom is -0.382 e. The summed E-state index contributed by atoms with van der Waals surface area (Å²) in [6, 6.07) is 3.98.